The number of hydrogen-bond donors (Lipinski definition) is 1. The molecule has 0 fully saturated rings. The molecule has 1 aromatic carbocycles. The van der Waals surface area contributed by atoms with E-state index in [0.29, 0.717) is 28.7 Å². The predicted molar refractivity (Wildman–Crippen MR) is 105 cm³/mol. The van der Waals surface area contributed by atoms with Gasteiger partial charge in [-0.1, -0.05) is 32.1 Å². The van der Waals surface area contributed by atoms with Gasteiger partial charge in [0.1, 0.15) is 5.82 Å². The number of pyridine rings is 1. The molecule has 1 aliphatic rings. The van der Waals surface area contributed by atoms with E-state index in [1.165, 1.54) is 24.4 Å². The maximum atomic E-state index is 14.1. The van der Waals surface area contributed by atoms with E-state index in [1.54, 1.807) is 32.9 Å². The van der Waals surface area contributed by atoms with Crippen LogP contribution in [-0.2, 0) is 18.3 Å². The van der Waals surface area contributed by atoms with E-state index in [4.69, 9.17) is 0 Å². The van der Waals surface area contributed by atoms with E-state index in [9.17, 15) is 22.7 Å². The van der Waals surface area contributed by atoms with Crippen LogP contribution in [0.25, 0.3) is 6.08 Å². The highest BCUT2D eigenvalue weighted by molar-refractivity contribution is 5.58. The number of allylic oxidation sites excluding steroid dienone is 1. The molecule has 1 heterocycles. The second kappa shape index (κ2) is 7.56. The van der Waals surface area contributed by atoms with Crippen LogP contribution in [0.4, 0.5) is 17.6 Å². The van der Waals surface area contributed by atoms with Gasteiger partial charge in [0.2, 0.25) is 0 Å². The van der Waals surface area contributed by atoms with Crippen molar-refractivity contribution in [1.82, 2.24) is 4.98 Å². The molecule has 6 heteroatoms. The minimum Gasteiger partial charge on any atom is -0.380 e. The van der Waals surface area contributed by atoms with Crippen molar-refractivity contribution < 1.29 is 22.7 Å². The zero-order valence-electron chi connectivity index (χ0n) is 16.8. The van der Waals surface area contributed by atoms with Gasteiger partial charge >= 0.3 is 6.18 Å². The lowest BCUT2D eigenvalue weighted by Crippen LogP contribution is -2.51. The van der Waals surface area contributed by atoms with Gasteiger partial charge in [-0.15, -0.1) is 0 Å². The van der Waals surface area contributed by atoms with Crippen LogP contribution in [0.5, 0.6) is 0 Å². The average Bonchev–Trinajstić information content (AvgIpc) is 2.60. The quantitative estimate of drug-likeness (QED) is 0.646. The van der Waals surface area contributed by atoms with Gasteiger partial charge in [0.25, 0.3) is 0 Å². The average molecular weight is 407 g/mol. The highest BCUT2D eigenvalue weighted by Crippen LogP contribution is 2.44. The number of nitrogens with zero attached hydrogens (tertiary/aromatic N) is 1. The van der Waals surface area contributed by atoms with Gasteiger partial charge in [0, 0.05) is 18.3 Å². The molecule has 1 N–H and O–H groups in total. The lowest BCUT2D eigenvalue weighted by atomic mass is 9.71. The number of aliphatic hydroxyl groups is 1. The van der Waals surface area contributed by atoms with Gasteiger partial charge in [-0.05, 0) is 72.1 Å². The van der Waals surface area contributed by atoms with Gasteiger partial charge < -0.3 is 5.11 Å². The summed E-state index contributed by atoms with van der Waals surface area (Å²) in [7, 11) is 0. The first-order valence-electron chi connectivity index (χ1n) is 9.62. The molecule has 1 aromatic heterocycles. The molecule has 0 bridgehead atoms. The Kier molecular flexibility index (Phi) is 5.60. The van der Waals surface area contributed by atoms with Crippen LogP contribution in [0.15, 0.2) is 36.5 Å². The van der Waals surface area contributed by atoms with E-state index in [-0.39, 0.29) is 0 Å². The number of halogens is 4. The second-order valence-corrected chi connectivity index (χ2v) is 8.50. The van der Waals surface area contributed by atoms with Crippen molar-refractivity contribution >= 4 is 6.08 Å². The Morgan fingerprint density at radius 2 is 1.86 bits per heavy atom. The van der Waals surface area contributed by atoms with E-state index >= 15 is 0 Å². The molecule has 0 amide bonds. The Morgan fingerprint density at radius 3 is 2.52 bits per heavy atom. The third kappa shape index (κ3) is 4.37. The summed E-state index contributed by atoms with van der Waals surface area (Å²) in [6.07, 6.45) is 0.728. The molecule has 0 saturated carbocycles. The summed E-state index contributed by atoms with van der Waals surface area (Å²) in [5, 5.41) is 10.9. The van der Waals surface area contributed by atoms with E-state index in [1.807, 2.05) is 6.08 Å². The van der Waals surface area contributed by atoms with E-state index < -0.39 is 35.9 Å². The molecule has 0 aliphatic heterocycles. The molecule has 29 heavy (non-hydrogen) atoms. The van der Waals surface area contributed by atoms with Gasteiger partial charge in [-0.2, -0.15) is 13.2 Å². The fourth-order valence-electron chi connectivity index (χ4n) is 4.33. The summed E-state index contributed by atoms with van der Waals surface area (Å²) in [4.78, 5) is 4.26. The first-order valence-corrected chi connectivity index (χ1v) is 9.62. The first-order chi connectivity index (χ1) is 13.4. The Hall–Kier alpha value is -2.21. The Bertz CT molecular complexity index is 933. The summed E-state index contributed by atoms with van der Waals surface area (Å²) in [6.45, 7) is 4.95. The standard InChI is InChI=1S/C23H25F4NO/c1-15-12-17(24)8-9-19(15)21(2,3)14-22(29,23(25,26)27)13-16-10-11-28-20-7-5-4-6-18(16)20/h4,6,8-12,29H,5,7,13-14H2,1-3H3. The van der Waals surface area contributed by atoms with E-state index in [2.05, 4.69) is 4.98 Å². The molecule has 156 valence electrons. The zero-order valence-corrected chi connectivity index (χ0v) is 16.8. The summed E-state index contributed by atoms with van der Waals surface area (Å²) < 4.78 is 55.7. The molecular formula is C23H25F4NO. The van der Waals surface area contributed by atoms with Crippen LogP contribution < -0.4 is 0 Å². The van der Waals surface area contributed by atoms with Crippen molar-refractivity contribution in [3.8, 4) is 0 Å². The van der Waals surface area contributed by atoms with Gasteiger partial charge in [-0.25, -0.2) is 4.39 Å². The van der Waals surface area contributed by atoms with Gasteiger partial charge in [0.15, 0.2) is 5.60 Å². The highest BCUT2D eigenvalue weighted by Gasteiger charge is 2.56. The third-order valence-electron chi connectivity index (χ3n) is 5.66. The van der Waals surface area contributed by atoms with Crippen molar-refractivity contribution in [2.45, 2.75) is 63.6 Å². The molecule has 3 rings (SSSR count). The molecule has 2 aromatic rings. The van der Waals surface area contributed by atoms with Crippen LogP contribution >= 0.6 is 0 Å². The molecule has 0 radical (unpaired) electrons. The summed E-state index contributed by atoms with van der Waals surface area (Å²) in [5.74, 6) is -0.441. The maximum Gasteiger partial charge on any atom is 0.417 e. The lowest BCUT2D eigenvalue weighted by molar-refractivity contribution is -0.266. The normalized spacial score (nSPS) is 16.4. The van der Waals surface area contributed by atoms with Crippen molar-refractivity contribution in [3.05, 3.63) is 70.3 Å². The number of fused-ring (bicyclic) bond motifs is 1. The first kappa shape index (κ1) is 21.5. The lowest BCUT2D eigenvalue weighted by Gasteiger charge is -2.39. The Labute approximate surface area is 168 Å². The molecule has 1 unspecified atom stereocenters. The van der Waals surface area contributed by atoms with Crippen molar-refractivity contribution in [3.63, 3.8) is 0 Å². The smallest absolute Gasteiger partial charge is 0.380 e. The largest absolute Gasteiger partial charge is 0.417 e. The number of hydrogen-bond acceptors (Lipinski definition) is 2. The minimum absolute atomic E-state index is 0.428. The molecule has 0 saturated heterocycles. The number of aromatic nitrogens is 1. The molecule has 2 nitrogen and oxygen atoms in total. The van der Waals surface area contributed by atoms with Crippen molar-refractivity contribution in [1.29, 1.82) is 0 Å². The highest BCUT2D eigenvalue weighted by atomic mass is 19.4. The monoisotopic (exact) mass is 407 g/mol. The second-order valence-electron chi connectivity index (χ2n) is 8.50. The van der Waals surface area contributed by atoms with Crippen LogP contribution in [0.3, 0.4) is 0 Å². The predicted octanol–water partition coefficient (Wildman–Crippen LogP) is 5.69. The molecule has 1 atom stereocenters. The fourth-order valence-corrected chi connectivity index (χ4v) is 4.33. The molecule has 0 spiro atoms. The van der Waals surface area contributed by atoms with Crippen LogP contribution in [0.1, 0.15) is 54.6 Å². The van der Waals surface area contributed by atoms with Crippen LogP contribution in [-0.4, -0.2) is 21.9 Å². The number of alkyl halides is 3. The zero-order chi connectivity index (χ0) is 21.4. The summed E-state index contributed by atoms with van der Waals surface area (Å²) >= 11 is 0. The SMILES string of the molecule is Cc1cc(F)ccc1C(C)(C)CC(O)(Cc1ccnc2c1C=CCC2)C(F)(F)F. The number of rotatable bonds is 5. The van der Waals surface area contributed by atoms with Crippen molar-refractivity contribution in [2.75, 3.05) is 0 Å². The van der Waals surface area contributed by atoms with Crippen molar-refractivity contribution in [2.24, 2.45) is 0 Å². The topological polar surface area (TPSA) is 33.1 Å². The number of benzene rings is 1. The maximum absolute atomic E-state index is 14.1. The number of aryl methyl sites for hydroxylation is 2. The fraction of sp³-hybridized carbons (Fsp3) is 0.435. The van der Waals surface area contributed by atoms with Crippen LogP contribution in [0, 0.1) is 12.7 Å². The van der Waals surface area contributed by atoms with Gasteiger partial charge in [0.05, 0.1) is 0 Å². The third-order valence-corrected chi connectivity index (χ3v) is 5.66. The summed E-state index contributed by atoms with van der Waals surface area (Å²) in [6, 6.07) is 5.58. The van der Waals surface area contributed by atoms with E-state index in [0.717, 1.165) is 12.1 Å². The molecular weight excluding hydrogens is 382 g/mol. The summed E-state index contributed by atoms with van der Waals surface area (Å²) in [5.41, 5.74) is -0.970. The molecule has 1 aliphatic carbocycles. The van der Waals surface area contributed by atoms with Crippen LogP contribution in [0.2, 0.25) is 0 Å². The Balaban J connectivity index is 1.99. The minimum atomic E-state index is -4.83. The Morgan fingerprint density at radius 1 is 1.14 bits per heavy atom. The van der Waals surface area contributed by atoms with Gasteiger partial charge in [-0.3, -0.25) is 4.98 Å².